The van der Waals surface area contributed by atoms with Gasteiger partial charge in [0.05, 0.1) is 11.8 Å². The van der Waals surface area contributed by atoms with E-state index in [0.29, 0.717) is 5.56 Å². The molecule has 0 aliphatic heterocycles. The van der Waals surface area contributed by atoms with Gasteiger partial charge >= 0.3 is 0 Å². The maximum atomic E-state index is 12.1. The van der Waals surface area contributed by atoms with Crippen LogP contribution in [0.3, 0.4) is 0 Å². The summed E-state index contributed by atoms with van der Waals surface area (Å²) >= 11 is 0. The molecule has 5 heteroatoms. The first-order valence-electron chi connectivity index (χ1n) is 6.08. The lowest BCUT2D eigenvalue weighted by atomic mass is 10.1. The van der Waals surface area contributed by atoms with Crippen molar-refractivity contribution in [2.45, 2.75) is 13.8 Å². The van der Waals surface area contributed by atoms with Crippen LogP contribution in [0.4, 0.5) is 11.4 Å². The van der Waals surface area contributed by atoms with E-state index in [2.05, 4.69) is 15.5 Å². The number of aryl methyl sites for hydroxylation is 2. The summed E-state index contributed by atoms with van der Waals surface area (Å²) in [5.41, 5.74) is 4.36. The Kier molecular flexibility index (Phi) is 3.55. The number of amides is 1. The third-order valence-corrected chi connectivity index (χ3v) is 3.02. The van der Waals surface area contributed by atoms with Crippen LogP contribution in [-0.2, 0) is 0 Å². The number of anilines is 2. The average molecular weight is 258 g/mol. The van der Waals surface area contributed by atoms with E-state index in [1.54, 1.807) is 0 Å². The highest BCUT2D eigenvalue weighted by atomic mass is 16.1. The maximum Gasteiger partial charge on any atom is 0.259 e. The van der Waals surface area contributed by atoms with E-state index in [4.69, 9.17) is 0 Å². The Morgan fingerprint density at radius 1 is 1.32 bits per heavy atom. The van der Waals surface area contributed by atoms with E-state index in [1.165, 1.54) is 11.8 Å². The molecule has 100 valence electrons. The SMILES string of the molecule is Cc1ccc(NC(=O)c2cn[nH]c2C)cc1N(C)C. The van der Waals surface area contributed by atoms with Crippen molar-refractivity contribution in [2.24, 2.45) is 0 Å². The number of H-pyrrole nitrogens is 1. The van der Waals surface area contributed by atoms with Crippen molar-refractivity contribution in [3.8, 4) is 0 Å². The number of rotatable bonds is 3. The number of aromatic nitrogens is 2. The molecule has 19 heavy (non-hydrogen) atoms. The monoisotopic (exact) mass is 258 g/mol. The first kappa shape index (κ1) is 13.1. The molecule has 0 aliphatic carbocycles. The van der Waals surface area contributed by atoms with Crippen molar-refractivity contribution in [1.82, 2.24) is 10.2 Å². The van der Waals surface area contributed by atoms with Crippen LogP contribution in [0.2, 0.25) is 0 Å². The van der Waals surface area contributed by atoms with E-state index < -0.39 is 0 Å². The minimum atomic E-state index is -0.153. The zero-order chi connectivity index (χ0) is 14.0. The van der Waals surface area contributed by atoms with Crippen molar-refractivity contribution >= 4 is 17.3 Å². The number of aromatic amines is 1. The molecule has 0 spiro atoms. The fourth-order valence-corrected chi connectivity index (χ4v) is 1.95. The predicted molar refractivity (Wildman–Crippen MR) is 76.8 cm³/mol. The van der Waals surface area contributed by atoms with Gasteiger partial charge in [-0.1, -0.05) is 6.07 Å². The van der Waals surface area contributed by atoms with E-state index in [1.807, 2.05) is 51.0 Å². The Balaban J connectivity index is 2.22. The molecule has 5 nitrogen and oxygen atoms in total. The van der Waals surface area contributed by atoms with Gasteiger partial charge < -0.3 is 10.2 Å². The molecule has 1 aromatic heterocycles. The van der Waals surface area contributed by atoms with Gasteiger partial charge in [0.25, 0.3) is 5.91 Å². The Morgan fingerprint density at radius 3 is 2.63 bits per heavy atom. The summed E-state index contributed by atoms with van der Waals surface area (Å²) in [4.78, 5) is 14.1. The quantitative estimate of drug-likeness (QED) is 0.888. The highest BCUT2D eigenvalue weighted by molar-refractivity contribution is 6.05. The fourth-order valence-electron chi connectivity index (χ4n) is 1.95. The van der Waals surface area contributed by atoms with Crippen molar-refractivity contribution in [2.75, 3.05) is 24.3 Å². The van der Waals surface area contributed by atoms with Gasteiger partial charge in [-0.25, -0.2) is 0 Å². The molecule has 0 fully saturated rings. The summed E-state index contributed by atoms with van der Waals surface area (Å²) in [6.45, 7) is 3.86. The number of benzene rings is 1. The lowest BCUT2D eigenvalue weighted by Gasteiger charge is -2.17. The standard InChI is InChI=1S/C14H18N4O/c1-9-5-6-11(7-13(9)18(3)4)16-14(19)12-8-15-17-10(12)2/h5-8H,1-4H3,(H,15,17)(H,16,19). The Hall–Kier alpha value is -2.30. The summed E-state index contributed by atoms with van der Waals surface area (Å²) in [6.07, 6.45) is 1.53. The number of hydrogen-bond acceptors (Lipinski definition) is 3. The normalized spacial score (nSPS) is 10.3. The van der Waals surface area contributed by atoms with Crippen LogP contribution in [0.1, 0.15) is 21.6 Å². The van der Waals surface area contributed by atoms with Gasteiger partial charge in [-0.3, -0.25) is 9.89 Å². The Labute approximate surface area is 112 Å². The van der Waals surface area contributed by atoms with Crippen LogP contribution in [0.25, 0.3) is 0 Å². The Morgan fingerprint density at radius 2 is 2.05 bits per heavy atom. The van der Waals surface area contributed by atoms with Crippen molar-refractivity contribution in [3.05, 3.63) is 41.2 Å². The Bertz CT molecular complexity index is 601. The average Bonchev–Trinajstić information content (AvgIpc) is 2.77. The molecule has 0 saturated carbocycles. The summed E-state index contributed by atoms with van der Waals surface area (Å²) in [6, 6.07) is 5.85. The molecule has 0 aliphatic rings. The van der Waals surface area contributed by atoms with Crippen LogP contribution < -0.4 is 10.2 Å². The molecule has 0 atom stereocenters. The topological polar surface area (TPSA) is 61.0 Å². The van der Waals surface area contributed by atoms with Gasteiger partial charge in [-0.05, 0) is 31.5 Å². The summed E-state index contributed by atoms with van der Waals surface area (Å²) < 4.78 is 0. The zero-order valence-corrected chi connectivity index (χ0v) is 11.6. The number of nitrogens with one attached hydrogen (secondary N) is 2. The predicted octanol–water partition coefficient (Wildman–Crippen LogP) is 2.34. The highest BCUT2D eigenvalue weighted by Crippen LogP contribution is 2.23. The second-order valence-corrected chi connectivity index (χ2v) is 4.76. The van der Waals surface area contributed by atoms with E-state index >= 15 is 0 Å². The van der Waals surface area contributed by atoms with Gasteiger partial charge in [0.2, 0.25) is 0 Å². The van der Waals surface area contributed by atoms with Gasteiger partial charge in [0, 0.05) is 31.2 Å². The third kappa shape index (κ3) is 2.76. The van der Waals surface area contributed by atoms with Crippen molar-refractivity contribution in [1.29, 1.82) is 0 Å². The zero-order valence-electron chi connectivity index (χ0n) is 11.6. The molecule has 2 rings (SSSR count). The molecule has 1 aromatic carbocycles. The summed E-state index contributed by atoms with van der Waals surface area (Å²) in [5, 5.41) is 9.49. The lowest BCUT2D eigenvalue weighted by molar-refractivity contribution is 0.102. The molecule has 1 heterocycles. The number of carbonyl (C=O) groups excluding carboxylic acids is 1. The molecular weight excluding hydrogens is 240 g/mol. The minimum absolute atomic E-state index is 0.153. The molecule has 1 amide bonds. The summed E-state index contributed by atoms with van der Waals surface area (Å²) in [5.74, 6) is -0.153. The van der Waals surface area contributed by atoms with Crippen LogP contribution in [0.15, 0.2) is 24.4 Å². The van der Waals surface area contributed by atoms with Crippen LogP contribution in [-0.4, -0.2) is 30.2 Å². The van der Waals surface area contributed by atoms with E-state index in [0.717, 1.165) is 17.1 Å². The van der Waals surface area contributed by atoms with Gasteiger partial charge in [0.1, 0.15) is 0 Å². The van der Waals surface area contributed by atoms with Crippen LogP contribution in [0, 0.1) is 13.8 Å². The summed E-state index contributed by atoms with van der Waals surface area (Å²) in [7, 11) is 3.96. The largest absolute Gasteiger partial charge is 0.377 e. The third-order valence-electron chi connectivity index (χ3n) is 3.02. The molecule has 0 saturated heterocycles. The molecule has 2 aromatic rings. The molecule has 0 unspecified atom stereocenters. The molecular formula is C14H18N4O. The number of hydrogen-bond donors (Lipinski definition) is 2. The first-order valence-corrected chi connectivity index (χ1v) is 6.08. The van der Waals surface area contributed by atoms with E-state index in [-0.39, 0.29) is 5.91 Å². The van der Waals surface area contributed by atoms with Crippen molar-refractivity contribution in [3.63, 3.8) is 0 Å². The maximum absolute atomic E-state index is 12.1. The minimum Gasteiger partial charge on any atom is -0.377 e. The van der Waals surface area contributed by atoms with E-state index in [9.17, 15) is 4.79 Å². The number of nitrogens with zero attached hydrogens (tertiary/aromatic N) is 2. The first-order chi connectivity index (χ1) is 8.99. The smallest absolute Gasteiger partial charge is 0.259 e. The van der Waals surface area contributed by atoms with Gasteiger partial charge in [-0.2, -0.15) is 5.10 Å². The molecule has 0 bridgehead atoms. The highest BCUT2D eigenvalue weighted by Gasteiger charge is 2.11. The lowest BCUT2D eigenvalue weighted by Crippen LogP contribution is -2.14. The molecule has 0 radical (unpaired) electrons. The molecule has 2 N–H and O–H groups in total. The number of carbonyl (C=O) groups is 1. The van der Waals surface area contributed by atoms with Crippen LogP contribution in [0.5, 0.6) is 0 Å². The second-order valence-electron chi connectivity index (χ2n) is 4.76. The van der Waals surface area contributed by atoms with Crippen LogP contribution >= 0.6 is 0 Å². The van der Waals surface area contributed by atoms with Crippen molar-refractivity contribution < 1.29 is 4.79 Å². The fraction of sp³-hybridized carbons (Fsp3) is 0.286. The van der Waals surface area contributed by atoms with Gasteiger partial charge in [-0.15, -0.1) is 0 Å². The second kappa shape index (κ2) is 5.14. The van der Waals surface area contributed by atoms with Gasteiger partial charge in [0.15, 0.2) is 0 Å².